The molecule has 0 aliphatic rings. The smallest absolute Gasteiger partial charge is 0.0386 e. The molecule has 0 radical (unpaired) electrons. The average Bonchev–Trinajstić information content (AvgIpc) is 2.11. The molecular weight excluding hydrogens is 168 g/mol. The fourth-order valence-corrected chi connectivity index (χ4v) is 2.40. The maximum absolute atomic E-state index is 2.45. The summed E-state index contributed by atoms with van der Waals surface area (Å²) in [6, 6.07) is 0. The molecule has 0 spiro atoms. The van der Waals surface area contributed by atoms with E-state index in [0.29, 0.717) is 0 Å². The molecule has 0 aliphatic carbocycles. The zero-order valence-electron chi connectivity index (χ0n) is 11.3. The lowest BCUT2D eigenvalue weighted by molar-refractivity contribution is 0.183. The van der Waals surface area contributed by atoms with Gasteiger partial charge in [0.1, 0.15) is 0 Å². The highest BCUT2D eigenvalue weighted by Gasteiger charge is 2.23. The van der Waals surface area contributed by atoms with Crippen molar-refractivity contribution in [1.82, 2.24) is 0 Å². The van der Waals surface area contributed by atoms with Gasteiger partial charge in [-0.15, -0.1) is 0 Å². The summed E-state index contributed by atoms with van der Waals surface area (Å²) < 4.78 is 0. The van der Waals surface area contributed by atoms with Gasteiger partial charge >= 0.3 is 0 Å². The zero-order valence-corrected chi connectivity index (χ0v) is 11.3. The van der Waals surface area contributed by atoms with Crippen LogP contribution in [-0.4, -0.2) is 0 Å². The Hall–Kier alpha value is 0. The second kappa shape index (κ2) is 6.48. The first kappa shape index (κ1) is 14.0. The first-order chi connectivity index (χ1) is 6.40. The van der Waals surface area contributed by atoms with Gasteiger partial charge in [-0.05, 0) is 36.0 Å². The molecule has 0 aromatic heterocycles. The van der Waals surface area contributed by atoms with E-state index in [-0.39, 0.29) is 0 Å². The first-order valence-corrected chi connectivity index (χ1v) is 6.40. The van der Waals surface area contributed by atoms with Crippen LogP contribution in [0, 0.1) is 29.6 Å². The highest BCUT2D eigenvalue weighted by atomic mass is 14.3. The highest BCUT2D eigenvalue weighted by molar-refractivity contribution is 4.73. The van der Waals surface area contributed by atoms with Crippen LogP contribution in [0.25, 0.3) is 0 Å². The maximum Gasteiger partial charge on any atom is -0.0386 e. The number of rotatable bonds is 6. The van der Waals surface area contributed by atoms with Crippen molar-refractivity contribution in [3.63, 3.8) is 0 Å². The Morgan fingerprint density at radius 2 is 1.29 bits per heavy atom. The molecule has 86 valence electrons. The Morgan fingerprint density at radius 1 is 0.786 bits per heavy atom. The minimum absolute atomic E-state index is 0.825. The van der Waals surface area contributed by atoms with E-state index in [2.05, 4.69) is 48.5 Å². The van der Waals surface area contributed by atoms with Crippen LogP contribution in [0.4, 0.5) is 0 Å². The van der Waals surface area contributed by atoms with Gasteiger partial charge in [0.2, 0.25) is 0 Å². The zero-order chi connectivity index (χ0) is 11.3. The summed E-state index contributed by atoms with van der Waals surface area (Å²) >= 11 is 0. The molecule has 14 heavy (non-hydrogen) atoms. The SMILES string of the molecule is CCC(CC(C)C)C(C)C(C)C(C)C. The summed E-state index contributed by atoms with van der Waals surface area (Å²) in [5.74, 6) is 4.33. The van der Waals surface area contributed by atoms with Gasteiger partial charge in [-0.25, -0.2) is 0 Å². The molecule has 0 heteroatoms. The van der Waals surface area contributed by atoms with E-state index in [4.69, 9.17) is 0 Å². The van der Waals surface area contributed by atoms with Gasteiger partial charge in [0.05, 0.1) is 0 Å². The number of hydrogen-bond donors (Lipinski definition) is 0. The van der Waals surface area contributed by atoms with Gasteiger partial charge in [0.25, 0.3) is 0 Å². The quantitative estimate of drug-likeness (QED) is 0.564. The summed E-state index contributed by atoms with van der Waals surface area (Å²) in [5.41, 5.74) is 0. The Labute approximate surface area is 91.5 Å². The van der Waals surface area contributed by atoms with E-state index in [1.165, 1.54) is 12.8 Å². The van der Waals surface area contributed by atoms with Gasteiger partial charge < -0.3 is 0 Å². The largest absolute Gasteiger partial charge is 0.0651 e. The van der Waals surface area contributed by atoms with Crippen LogP contribution >= 0.6 is 0 Å². The van der Waals surface area contributed by atoms with Crippen molar-refractivity contribution in [2.75, 3.05) is 0 Å². The second-order valence-corrected chi connectivity index (χ2v) is 5.76. The summed E-state index contributed by atoms with van der Waals surface area (Å²) in [7, 11) is 0. The van der Waals surface area contributed by atoms with Crippen LogP contribution in [0.3, 0.4) is 0 Å². The van der Waals surface area contributed by atoms with Crippen molar-refractivity contribution in [2.24, 2.45) is 29.6 Å². The molecule has 0 aliphatic heterocycles. The van der Waals surface area contributed by atoms with Crippen molar-refractivity contribution in [3.05, 3.63) is 0 Å². The third-order valence-electron chi connectivity index (χ3n) is 3.92. The third-order valence-corrected chi connectivity index (χ3v) is 3.92. The average molecular weight is 198 g/mol. The van der Waals surface area contributed by atoms with E-state index in [1.54, 1.807) is 0 Å². The molecule has 0 rings (SSSR count). The first-order valence-electron chi connectivity index (χ1n) is 6.40. The number of hydrogen-bond acceptors (Lipinski definition) is 0. The fourth-order valence-electron chi connectivity index (χ4n) is 2.40. The Bertz CT molecular complexity index is 135. The summed E-state index contributed by atoms with van der Waals surface area (Å²) in [5, 5.41) is 0. The molecule has 0 amide bonds. The van der Waals surface area contributed by atoms with E-state index in [9.17, 15) is 0 Å². The van der Waals surface area contributed by atoms with Crippen LogP contribution in [0.1, 0.15) is 61.3 Å². The molecule has 0 nitrogen and oxygen atoms in total. The monoisotopic (exact) mass is 198 g/mol. The topological polar surface area (TPSA) is 0 Å². The Morgan fingerprint density at radius 3 is 1.57 bits per heavy atom. The van der Waals surface area contributed by atoms with Crippen LogP contribution < -0.4 is 0 Å². The van der Waals surface area contributed by atoms with Gasteiger partial charge in [0, 0.05) is 0 Å². The van der Waals surface area contributed by atoms with E-state index in [1.807, 2.05) is 0 Å². The summed E-state index contributed by atoms with van der Waals surface area (Å²) in [4.78, 5) is 0. The molecule has 0 aromatic carbocycles. The van der Waals surface area contributed by atoms with E-state index < -0.39 is 0 Å². The normalized spacial score (nSPS) is 18.6. The van der Waals surface area contributed by atoms with Crippen molar-refractivity contribution in [3.8, 4) is 0 Å². The minimum Gasteiger partial charge on any atom is -0.0651 e. The lowest BCUT2D eigenvalue weighted by Crippen LogP contribution is -2.23. The fraction of sp³-hybridized carbons (Fsp3) is 1.00. The van der Waals surface area contributed by atoms with Gasteiger partial charge in [-0.1, -0.05) is 54.9 Å². The summed E-state index contributed by atoms with van der Waals surface area (Å²) in [6.45, 7) is 16.6. The van der Waals surface area contributed by atoms with Crippen LogP contribution in [0.2, 0.25) is 0 Å². The van der Waals surface area contributed by atoms with Gasteiger partial charge in [-0.2, -0.15) is 0 Å². The minimum atomic E-state index is 0.825. The molecule has 0 bridgehead atoms. The van der Waals surface area contributed by atoms with Crippen molar-refractivity contribution >= 4 is 0 Å². The molecule has 3 atom stereocenters. The molecule has 0 aromatic rings. The molecule has 3 unspecified atom stereocenters. The Kier molecular flexibility index (Phi) is 6.48. The molecule has 0 heterocycles. The molecule has 0 saturated heterocycles. The third kappa shape index (κ3) is 4.48. The molecule has 0 fully saturated rings. The van der Waals surface area contributed by atoms with E-state index >= 15 is 0 Å². The highest BCUT2D eigenvalue weighted by Crippen LogP contribution is 2.32. The van der Waals surface area contributed by atoms with Crippen molar-refractivity contribution < 1.29 is 0 Å². The van der Waals surface area contributed by atoms with Gasteiger partial charge in [-0.3, -0.25) is 0 Å². The van der Waals surface area contributed by atoms with Gasteiger partial charge in [0.15, 0.2) is 0 Å². The Balaban J connectivity index is 4.22. The van der Waals surface area contributed by atoms with Crippen molar-refractivity contribution in [1.29, 1.82) is 0 Å². The van der Waals surface area contributed by atoms with Crippen LogP contribution in [-0.2, 0) is 0 Å². The predicted molar refractivity (Wildman–Crippen MR) is 66.4 cm³/mol. The van der Waals surface area contributed by atoms with E-state index in [0.717, 1.165) is 29.6 Å². The van der Waals surface area contributed by atoms with Crippen LogP contribution in [0.15, 0.2) is 0 Å². The summed E-state index contributed by atoms with van der Waals surface area (Å²) in [6.07, 6.45) is 2.74. The standard InChI is InChI=1S/C14H30/c1-8-14(9-10(2)3)13(7)12(6)11(4)5/h10-14H,8-9H2,1-7H3. The maximum atomic E-state index is 2.45. The molecular formula is C14H30. The van der Waals surface area contributed by atoms with Crippen molar-refractivity contribution in [2.45, 2.75) is 61.3 Å². The lowest BCUT2D eigenvalue weighted by atomic mass is 9.74. The lowest BCUT2D eigenvalue weighted by Gasteiger charge is -2.31. The predicted octanol–water partition coefficient (Wildman–Crippen LogP) is 4.99. The van der Waals surface area contributed by atoms with Crippen LogP contribution in [0.5, 0.6) is 0 Å². The second-order valence-electron chi connectivity index (χ2n) is 5.76. The molecule has 0 saturated carbocycles. The molecule has 0 N–H and O–H groups in total.